The van der Waals surface area contributed by atoms with Crippen LogP contribution in [0, 0.1) is 0 Å². The summed E-state index contributed by atoms with van der Waals surface area (Å²) in [7, 11) is 0. The predicted molar refractivity (Wildman–Crippen MR) is 49.1 cm³/mol. The molecule has 1 aromatic rings. The van der Waals surface area contributed by atoms with Gasteiger partial charge in [0.05, 0.1) is 11.3 Å². The van der Waals surface area contributed by atoms with E-state index in [0.717, 1.165) is 19.0 Å². The first kappa shape index (κ1) is 10.4. The molecule has 1 saturated carbocycles. The zero-order valence-corrected chi connectivity index (χ0v) is 8.01. The van der Waals surface area contributed by atoms with E-state index in [0.29, 0.717) is 11.3 Å². The maximum Gasteiger partial charge on any atom is 0.417 e. The summed E-state index contributed by atoms with van der Waals surface area (Å²) in [6.45, 7) is 0.198. The van der Waals surface area contributed by atoms with Crippen LogP contribution in [-0.4, -0.2) is 4.98 Å². The van der Waals surface area contributed by atoms with Crippen LogP contribution in [0.15, 0.2) is 12.3 Å². The van der Waals surface area contributed by atoms with Crippen LogP contribution in [-0.2, 0) is 12.7 Å². The Morgan fingerprint density at radius 3 is 2.53 bits per heavy atom. The molecule has 1 aliphatic rings. The minimum Gasteiger partial charge on any atom is -0.325 e. The van der Waals surface area contributed by atoms with E-state index in [1.54, 1.807) is 0 Å². The maximum absolute atomic E-state index is 12.4. The lowest BCUT2D eigenvalue weighted by atomic mass is 10.1. The quantitative estimate of drug-likeness (QED) is 0.824. The zero-order valence-electron chi connectivity index (χ0n) is 8.01. The molecule has 0 aliphatic heterocycles. The third-order valence-electron chi connectivity index (χ3n) is 2.54. The molecule has 82 valence electrons. The predicted octanol–water partition coefficient (Wildman–Crippen LogP) is 2.44. The molecule has 1 aliphatic carbocycles. The molecule has 1 heterocycles. The van der Waals surface area contributed by atoms with Crippen molar-refractivity contribution in [2.45, 2.75) is 31.5 Å². The summed E-state index contributed by atoms with van der Waals surface area (Å²) in [5.41, 5.74) is 6.01. The van der Waals surface area contributed by atoms with Crippen molar-refractivity contribution in [1.29, 1.82) is 0 Å². The zero-order chi connectivity index (χ0) is 11.1. The molecule has 2 rings (SSSR count). The van der Waals surface area contributed by atoms with Gasteiger partial charge in [-0.25, -0.2) is 0 Å². The number of nitrogens with zero attached hydrogens (tertiary/aromatic N) is 1. The molecular weight excluding hydrogens is 205 g/mol. The summed E-state index contributed by atoms with van der Waals surface area (Å²) in [6, 6.07) is 1.19. The highest BCUT2D eigenvalue weighted by molar-refractivity contribution is 5.32. The number of halogens is 3. The molecule has 0 unspecified atom stereocenters. The fourth-order valence-corrected chi connectivity index (χ4v) is 1.58. The number of hydrogen-bond donors (Lipinski definition) is 1. The molecule has 0 amide bonds. The first-order valence-corrected chi connectivity index (χ1v) is 4.78. The van der Waals surface area contributed by atoms with Crippen molar-refractivity contribution >= 4 is 0 Å². The molecule has 2 N–H and O–H groups in total. The Labute approximate surface area is 85.3 Å². The van der Waals surface area contributed by atoms with Crippen molar-refractivity contribution in [1.82, 2.24) is 4.98 Å². The third kappa shape index (κ3) is 2.12. The Morgan fingerprint density at radius 2 is 2.07 bits per heavy atom. The van der Waals surface area contributed by atoms with Gasteiger partial charge in [-0.05, 0) is 30.4 Å². The van der Waals surface area contributed by atoms with Crippen molar-refractivity contribution in [3.63, 3.8) is 0 Å². The van der Waals surface area contributed by atoms with Gasteiger partial charge in [0.2, 0.25) is 0 Å². The van der Waals surface area contributed by atoms with E-state index in [2.05, 4.69) is 4.98 Å². The Kier molecular flexibility index (Phi) is 2.42. The van der Waals surface area contributed by atoms with Crippen LogP contribution in [0.2, 0.25) is 0 Å². The van der Waals surface area contributed by atoms with Crippen molar-refractivity contribution in [3.8, 4) is 0 Å². The lowest BCUT2D eigenvalue weighted by Gasteiger charge is -2.10. The molecule has 2 nitrogen and oxygen atoms in total. The van der Waals surface area contributed by atoms with Gasteiger partial charge in [0.1, 0.15) is 0 Å². The fraction of sp³-hybridized carbons (Fsp3) is 0.500. The van der Waals surface area contributed by atoms with Crippen LogP contribution in [0.25, 0.3) is 0 Å². The molecule has 0 radical (unpaired) electrons. The summed E-state index contributed by atoms with van der Waals surface area (Å²) >= 11 is 0. The van der Waals surface area contributed by atoms with Gasteiger partial charge >= 0.3 is 6.18 Å². The molecular formula is C10H11F3N2. The van der Waals surface area contributed by atoms with Gasteiger partial charge in [-0.3, -0.25) is 4.98 Å². The number of nitrogens with two attached hydrogens (primary N) is 1. The monoisotopic (exact) mass is 216 g/mol. The van der Waals surface area contributed by atoms with Crippen LogP contribution >= 0.6 is 0 Å². The SMILES string of the molecule is NCc1ncc(C(F)(F)F)cc1C1CC1. The van der Waals surface area contributed by atoms with Crippen molar-refractivity contribution in [2.24, 2.45) is 5.73 Å². The Balaban J connectivity index is 2.40. The summed E-state index contributed by atoms with van der Waals surface area (Å²) in [5.74, 6) is 0.235. The second kappa shape index (κ2) is 3.48. The average molecular weight is 216 g/mol. The highest BCUT2D eigenvalue weighted by Gasteiger charge is 2.34. The van der Waals surface area contributed by atoms with Crippen LogP contribution in [0.4, 0.5) is 13.2 Å². The van der Waals surface area contributed by atoms with E-state index in [1.807, 2.05) is 0 Å². The summed E-state index contributed by atoms with van der Waals surface area (Å²) in [5, 5.41) is 0. The average Bonchev–Trinajstić information content (AvgIpc) is 2.98. The smallest absolute Gasteiger partial charge is 0.325 e. The van der Waals surface area contributed by atoms with Gasteiger partial charge in [0.25, 0.3) is 0 Å². The van der Waals surface area contributed by atoms with Crippen LogP contribution in [0.3, 0.4) is 0 Å². The van der Waals surface area contributed by atoms with Crippen LogP contribution in [0.1, 0.15) is 35.6 Å². The topological polar surface area (TPSA) is 38.9 Å². The van der Waals surface area contributed by atoms with Gasteiger partial charge in [-0.15, -0.1) is 0 Å². The lowest BCUT2D eigenvalue weighted by molar-refractivity contribution is -0.137. The summed E-state index contributed by atoms with van der Waals surface area (Å²) in [4.78, 5) is 3.78. The molecule has 5 heteroatoms. The van der Waals surface area contributed by atoms with E-state index in [9.17, 15) is 13.2 Å². The Hall–Kier alpha value is -1.10. The van der Waals surface area contributed by atoms with Crippen molar-refractivity contribution in [2.75, 3.05) is 0 Å². The van der Waals surface area contributed by atoms with Crippen LogP contribution < -0.4 is 5.73 Å². The van der Waals surface area contributed by atoms with E-state index in [4.69, 9.17) is 5.73 Å². The molecule has 0 aromatic carbocycles. The van der Waals surface area contributed by atoms with E-state index in [-0.39, 0.29) is 12.5 Å². The number of pyridine rings is 1. The second-order valence-corrected chi connectivity index (χ2v) is 3.74. The lowest BCUT2D eigenvalue weighted by Crippen LogP contribution is -2.10. The largest absolute Gasteiger partial charge is 0.417 e. The number of rotatable bonds is 2. The molecule has 0 saturated heterocycles. The normalized spacial score (nSPS) is 16.8. The van der Waals surface area contributed by atoms with E-state index in [1.165, 1.54) is 6.07 Å². The van der Waals surface area contributed by atoms with Crippen LogP contribution in [0.5, 0.6) is 0 Å². The third-order valence-corrected chi connectivity index (χ3v) is 2.54. The van der Waals surface area contributed by atoms with Crippen molar-refractivity contribution in [3.05, 3.63) is 29.1 Å². The molecule has 0 bridgehead atoms. The Morgan fingerprint density at radius 1 is 1.40 bits per heavy atom. The minimum atomic E-state index is -4.32. The summed E-state index contributed by atoms with van der Waals surface area (Å²) in [6.07, 6.45) is -1.58. The fourth-order valence-electron chi connectivity index (χ4n) is 1.58. The first-order valence-electron chi connectivity index (χ1n) is 4.78. The van der Waals surface area contributed by atoms with E-state index < -0.39 is 11.7 Å². The van der Waals surface area contributed by atoms with Gasteiger partial charge in [-0.1, -0.05) is 0 Å². The van der Waals surface area contributed by atoms with E-state index >= 15 is 0 Å². The molecule has 1 fully saturated rings. The molecule has 15 heavy (non-hydrogen) atoms. The Bertz CT molecular complexity index is 369. The molecule has 0 spiro atoms. The summed E-state index contributed by atoms with van der Waals surface area (Å²) < 4.78 is 37.2. The van der Waals surface area contributed by atoms with Gasteiger partial charge in [-0.2, -0.15) is 13.2 Å². The number of aromatic nitrogens is 1. The van der Waals surface area contributed by atoms with Gasteiger partial charge in [0.15, 0.2) is 0 Å². The number of hydrogen-bond acceptors (Lipinski definition) is 2. The molecule has 0 atom stereocenters. The highest BCUT2D eigenvalue weighted by atomic mass is 19.4. The first-order chi connectivity index (χ1) is 7.02. The number of alkyl halides is 3. The van der Waals surface area contributed by atoms with Crippen molar-refractivity contribution < 1.29 is 13.2 Å². The standard InChI is InChI=1S/C10H11F3N2/c11-10(12,13)7-3-8(6-1-2-6)9(4-14)15-5-7/h3,5-6H,1-2,4,14H2. The minimum absolute atomic E-state index is 0.198. The van der Waals surface area contributed by atoms with Gasteiger partial charge in [0, 0.05) is 12.7 Å². The maximum atomic E-state index is 12.4. The molecule has 1 aromatic heterocycles. The highest BCUT2D eigenvalue weighted by Crippen LogP contribution is 2.42. The second-order valence-electron chi connectivity index (χ2n) is 3.74. The van der Waals surface area contributed by atoms with Gasteiger partial charge < -0.3 is 5.73 Å².